The molecule has 0 fully saturated rings. The Hall–Kier alpha value is -1.53. The minimum atomic E-state index is -3.53. The molecule has 1 aromatic heterocycles. The van der Waals surface area contributed by atoms with Crippen LogP contribution in [0.2, 0.25) is 5.02 Å². The molecule has 0 amide bonds. The number of aromatic nitrogens is 2. The lowest BCUT2D eigenvalue weighted by molar-refractivity contribution is 0.527. The van der Waals surface area contributed by atoms with Gasteiger partial charge in [0.15, 0.2) is 9.84 Å². The summed E-state index contributed by atoms with van der Waals surface area (Å²) < 4.78 is 26.4. The predicted molar refractivity (Wildman–Crippen MR) is 79.4 cm³/mol. The molecule has 2 rings (SSSR count). The van der Waals surface area contributed by atoms with E-state index >= 15 is 0 Å². The summed E-state index contributed by atoms with van der Waals surface area (Å²) >= 11 is 5.77. The Balaban J connectivity index is 2.30. The molecule has 0 aliphatic heterocycles. The first-order valence-electron chi connectivity index (χ1n) is 6.11. The highest BCUT2D eigenvalue weighted by atomic mass is 35.5. The molecule has 0 spiro atoms. The average molecular weight is 314 g/mol. The number of anilines is 1. The summed E-state index contributed by atoms with van der Waals surface area (Å²) in [4.78, 5) is 0.0843. The highest BCUT2D eigenvalue weighted by molar-refractivity contribution is 7.90. The van der Waals surface area contributed by atoms with E-state index in [2.05, 4.69) is 5.10 Å². The zero-order valence-corrected chi connectivity index (χ0v) is 12.8. The van der Waals surface area contributed by atoms with Crippen LogP contribution in [0.15, 0.2) is 35.4 Å². The molecule has 0 bridgehead atoms. The van der Waals surface area contributed by atoms with Crippen molar-refractivity contribution in [3.05, 3.63) is 41.2 Å². The van der Waals surface area contributed by atoms with Gasteiger partial charge in [-0.1, -0.05) is 11.6 Å². The molecule has 1 heterocycles. The van der Waals surface area contributed by atoms with Gasteiger partial charge in [0.25, 0.3) is 0 Å². The Morgan fingerprint density at radius 3 is 2.60 bits per heavy atom. The Labute approximate surface area is 123 Å². The van der Waals surface area contributed by atoms with Crippen LogP contribution in [0.5, 0.6) is 0 Å². The van der Waals surface area contributed by atoms with Crippen LogP contribution in [0.3, 0.4) is 0 Å². The normalized spacial score (nSPS) is 12.0. The number of nitrogens with two attached hydrogens (primary N) is 1. The molecule has 0 unspecified atom stereocenters. The van der Waals surface area contributed by atoms with Crippen molar-refractivity contribution in [2.45, 2.75) is 30.5 Å². The van der Waals surface area contributed by atoms with Crippen molar-refractivity contribution in [1.82, 2.24) is 9.78 Å². The molecule has 2 aromatic rings. The third-order valence-corrected chi connectivity index (χ3v) is 4.79. The number of halogens is 1. The first-order valence-corrected chi connectivity index (χ1v) is 8.14. The van der Waals surface area contributed by atoms with Gasteiger partial charge in [-0.25, -0.2) is 8.42 Å². The van der Waals surface area contributed by atoms with Crippen LogP contribution in [0, 0.1) is 0 Å². The summed E-state index contributed by atoms with van der Waals surface area (Å²) in [6.45, 7) is 3.95. The van der Waals surface area contributed by atoms with Crippen LogP contribution < -0.4 is 5.73 Å². The van der Waals surface area contributed by atoms with Crippen molar-refractivity contribution in [3.8, 4) is 0 Å². The molecule has 0 saturated heterocycles. The summed E-state index contributed by atoms with van der Waals surface area (Å²) in [5, 5.41) is 4.65. The van der Waals surface area contributed by atoms with Gasteiger partial charge in [-0.2, -0.15) is 5.10 Å². The smallest absolute Gasteiger partial charge is 0.186 e. The summed E-state index contributed by atoms with van der Waals surface area (Å²) in [5.74, 6) is -0.182. The largest absolute Gasteiger partial charge is 0.398 e. The minimum Gasteiger partial charge on any atom is -0.398 e. The molecule has 0 aliphatic carbocycles. The predicted octanol–water partition coefficient (Wildman–Crippen LogP) is 2.67. The maximum Gasteiger partial charge on any atom is 0.186 e. The van der Waals surface area contributed by atoms with Gasteiger partial charge in [0.2, 0.25) is 0 Å². The molecule has 0 aliphatic rings. The third-order valence-electron chi connectivity index (χ3n) is 2.84. The van der Waals surface area contributed by atoms with Crippen LogP contribution in [0.25, 0.3) is 0 Å². The van der Waals surface area contributed by atoms with E-state index in [-0.39, 0.29) is 22.4 Å². The molecule has 7 heteroatoms. The fourth-order valence-corrected chi connectivity index (χ4v) is 3.39. The SMILES string of the molecule is CC(C)n1ccc(CS(=O)(=O)c2ccc(Cl)cc2N)n1. The topological polar surface area (TPSA) is 78.0 Å². The molecule has 5 nitrogen and oxygen atoms in total. The van der Waals surface area contributed by atoms with Gasteiger partial charge in [-0.3, -0.25) is 4.68 Å². The molecular weight excluding hydrogens is 298 g/mol. The van der Waals surface area contributed by atoms with Gasteiger partial charge < -0.3 is 5.73 Å². The Morgan fingerprint density at radius 2 is 2.05 bits per heavy atom. The Kier molecular flexibility index (Phi) is 4.06. The maximum absolute atomic E-state index is 12.3. The third kappa shape index (κ3) is 3.13. The molecule has 0 radical (unpaired) electrons. The summed E-state index contributed by atoms with van der Waals surface area (Å²) in [5.41, 5.74) is 6.37. The zero-order valence-electron chi connectivity index (χ0n) is 11.2. The van der Waals surface area contributed by atoms with Gasteiger partial charge >= 0.3 is 0 Å². The Bertz CT molecular complexity index is 723. The van der Waals surface area contributed by atoms with E-state index in [1.807, 2.05) is 13.8 Å². The van der Waals surface area contributed by atoms with Crippen molar-refractivity contribution in [3.63, 3.8) is 0 Å². The Morgan fingerprint density at radius 1 is 1.35 bits per heavy atom. The number of rotatable bonds is 4. The molecular formula is C13H16ClN3O2S. The van der Waals surface area contributed by atoms with E-state index in [9.17, 15) is 8.42 Å². The number of nitrogen functional groups attached to an aromatic ring is 1. The highest BCUT2D eigenvalue weighted by Crippen LogP contribution is 2.25. The highest BCUT2D eigenvalue weighted by Gasteiger charge is 2.20. The molecule has 2 N–H and O–H groups in total. The monoisotopic (exact) mass is 313 g/mol. The first kappa shape index (κ1) is 14.9. The molecule has 0 saturated carbocycles. The van der Waals surface area contributed by atoms with E-state index < -0.39 is 9.84 Å². The number of nitrogens with zero attached hydrogens (tertiary/aromatic N) is 2. The quantitative estimate of drug-likeness (QED) is 0.880. The minimum absolute atomic E-state index is 0.0843. The van der Waals surface area contributed by atoms with Crippen molar-refractivity contribution >= 4 is 27.1 Å². The number of sulfone groups is 1. The van der Waals surface area contributed by atoms with Crippen LogP contribution in [0.4, 0.5) is 5.69 Å². The summed E-state index contributed by atoms with van der Waals surface area (Å²) in [7, 11) is -3.53. The molecule has 20 heavy (non-hydrogen) atoms. The zero-order chi connectivity index (χ0) is 14.9. The van der Waals surface area contributed by atoms with E-state index in [4.69, 9.17) is 17.3 Å². The summed E-state index contributed by atoms with van der Waals surface area (Å²) in [6, 6.07) is 6.25. The van der Waals surface area contributed by atoms with E-state index in [1.54, 1.807) is 16.9 Å². The van der Waals surface area contributed by atoms with Gasteiger partial charge in [0, 0.05) is 17.3 Å². The van der Waals surface area contributed by atoms with Crippen molar-refractivity contribution in [1.29, 1.82) is 0 Å². The molecule has 108 valence electrons. The van der Waals surface area contributed by atoms with Gasteiger partial charge in [-0.15, -0.1) is 0 Å². The van der Waals surface area contributed by atoms with Gasteiger partial charge in [0.05, 0.1) is 22.0 Å². The van der Waals surface area contributed by atoms with E-state index in [0.29, 0.717) is 10.7 Å². The molecule has 0 atom stereocenters. The summed E-state index contributed by atoms with van der Waals surface area (Å²) in [6.07, 6.45) is 1.76. The van der Waals surface area contributed by atoms with Crippen LogP contribution in [-0.4, -0.2) is 18.2 Å². The standard InChI is InChI=1S/C13H16ClN3O2S/c1-9(2)17-6-5-11(16-17)8-20(18,19)13-4-3-10(14)7-12(13)15/h3-7,9H,8,15H2,1-2H3. The van der Waals surface area contributed by atoms with E-state index in [1.165, 1.54) is 18.2 Å². The second-order valence-corrected chi connectivity index (χ2v) is 7.22. The second-order valence-electron chi connectivity index (χ2n) is 4.82. The second kappa shape index (κ2) is 5.46. The fourth-order valence-electron chi connectivity index (χ4n) is 1.82. The van der Waals surface area contributed by atoms with Gasteiger partial charge in [-0.05, 0) is 38.1 Å². The van der Waals surface area contributed by atoms with Crippen LogP contribution in [0.1, 0.15) is 25.6 Å². The number of hydrogen-bond donors (Lipinski definition) is 1. The maximum atomic E-state index is 12.3. The lowest BCUT2D eigenvalue weighted by Crippen LogP contribution is -2.09. The van der Waals surface area contributed by atoms with Crippen molar-refractivity contribution in [2.75, 3.05) is 5.73 Å². The van der Waals surface area contributed by atoms with Crippen molar-refractivity contribution in [2.24, 2.45) is 0 Å². The lowest BCUT2D eigenvalue weighted by Gasteiger charge is -2.07. The lowest BCUT2D eigenvalue weighted by atomic mass is 10.3. The van der Waals surface area contributed by atoms with Crippen LogP contribution in [-0.2, 0) is 15.6 Å². The first-order chi connectivity index (χ1) is 9.29. The number of hydrogen-bond acceptors (Lipinski definition) is 4. The number of benzene rings is 1. The van der Waals surface area contributed by atoms with Crippen molar-refractivity contribution < 1.29 is 8.42 Å². The molecule has 1 aromatic carbocycles. The van der Waals surface area contributed by atoms with Gasteiger partial charge in [0.1, 0.15) is 0 Å². The van der Waals surface area contributed by atoms with Crippen LogP contribution >= 0.6 is 11.6 Å². The average Bonchev–Trinajstić information content (AvgIpc) is 2.76. The fraction of sp³-hybridized carbons (Fsp3) is 0.308. The van der Waals surface area contributed by atoms with E-state index in [0.717, 1.165) is 0 Å².